The third-order valence-corrected chi connectivity index (χ3v) is 3.26. The molecule has 2 nitrogen and oxygen atoms in total. The molecule has 0 aliphatic carbocycles. The van der Waals surface area contributed by atoms with E-state index >= 15 is 0 Å². The van der Waals surface area contributed by atoms with Gasteiger partial charge in [0.05, 0.1) is 11.6 Å². The maximum Gasteiger partial charge on any atom is 0.291 e. The van der Waals surface area contributed by atoms with Gasteiger partial charge in [0.2, 0.25) is 0 Å². The maximum absolute atomic E-state index is 14.3. The van der Waals surface area contributed by atoms with E-state index < -0.39 is 12.0 Å². The van der Waals surface area contributed by atoms with Gasteiger partial charge in [0, 0.05) is 0 Å². The number of para-hydroxylation sites is 1. The zero-order chi connectivity index (χ0) is 12.3. The summed E-state index contributed by atoms with van der Waals surface area (Å²) in [5, 5.41) is 12.4. The number of phenols is 1. The van der Waals surface area contributed by atoms with Gasteiger partial charge in [-0.2, -0.15) is 8.78 Å². The first-order valence-electron chi connectivity index (χ1n) is 6.02. The van der Waals surface area contributed by atoms with E-state index in [-0.39, 0.29) is 11.3 Å². The average Bonchev–Trinajstić information content (AvgIpc) is 2.58. The van der Waals surface area contributed by atoms with E-state index in [1.807, 2.05) is 0 Å². The minimum atomic E-state index is -3.02. The number of halogens is 2. The van der Waals surface area contributed by atoms with Crippen molar-refractivity contribution in [2.45, 2.75) is 37.6 Å². The number of alkyl halides is 2. The van der Waals surface area contributed by atoms with Crippen LogP contribution in [0, 0.1) is 0 Å². The predicted molar refractivity (Wildman–Crippen MR) is 62.3 cm³/mol. The average molecular weight is 241 g/mol. The molecule has 0 bridgehead atoms. The van der Waals surface area contributed by atoms with Crippen molar-refractivity contribution in [1.29, 1.82) is 0 Å². The summed E-state index contributed by atoms with van der Waals surface area (Å²) in [5.41, 5.74) is -0.278. The molecule has 4 heteroatoms. The summed E-state index contributed by atoms with van der Waals surface area (Å²) in [6, 6.07) is 4.80. The number of hydrogen-bond acceptors (Lipinski definition) is 2. The van der Waals surface area contributed by atoms with Crippen LogP contribution in [0.25, 0.3) is 0 Å². The van der Waals surface area contributed by atoms with Crippen LogP contribution in [0.2, 0.25) is 0 Å². The van der Waals surface area contributed by atoms with Gasteiger partial charge >= 0.3 is 0 Å². The highest BCUT2D eigenvalue weighted by Gasteiger charge is 2.42. The fourth-order valence-corrected chi connectivity index (χ4v) is 2.28. The fraction of sp³-hybridized carbons (Fsp3) is 0.538. The number of rotatable bonds is 2. The summed E-state index contributed by atoms with van der Waals surface area (Å²) in [7, 11) is 0. The van der Waals surface area contributed by atoms with Crippen molar-refractivity contribution in [3.05, 3.63) is 29.8 Å². The molecule has 1 aromatic rings. The lowest BCUT2D eigenvalue weighted by molar-refractivity contribution is -0.0464. The Morgan fingerprint density at radius 3 is 2.71 bits per heavy atom. The Morgan fingerprint density at radius 1 is 1.18 bits per heavy atom. The molecule has 1 aliphatic heterocycles. The summed E-state index contributed by atoms with van der Waals surface area (Å²) < 4.78 is 28.5. The van der Waals surface area contributed by atoms with Crippen molar-refractivity contribution in [2.75, 3.05) is 6.54 Å². The first-order valence-corrected chi connectivity index (χ1v) is 6.02. The first-order chi connectivity index (χ1) is 8.12. The summed E-state index contributed by atoms with van der Waals surface area (Å²) in [6.07, 6.45) is 3.18. The molecule has 17 heavy (non-hydrogen) atoms. The molecule has 2 rings (SSSR count). The quantitative estimate of drug-likeness (QED) is 0.834. The third kappa shape index (κ3) is 2.57. The van der Waals surface area contributed by atoms with Crippen LogP contribution in [-0.4, -0.2) is 17.7 Å². The van der Waals surface area contributed by atoms with Crippen LogP contribution in [0.15, 0.2) is 24.3 Å². The Hall–Kier alpha value is -1.16. The van der Waals surface area contributed by atoms with Crippen molar-refractivity contribution < 1.29 is 13.9 Å². The van der Waals surface area contributed by atoms with E-state index in [4.69, 9.17) is 0 Å². The molecule has 1 aliphatic rings. The van der Waals surface area contributed by atoms with Crippen LogP contribution in [0.4, 0.5) is 8.78 Å². The molecule has 94 valence electrons. The summed E-state index contributed by atoms with van der Waals surface area (Å²) >= 11 is 0. The van der Waals surface area contributed by atoms with E-state index in [1.165, 1.54) is 18.2 Å². The monoisotopic (exact) mass is 241 g/mol. The van der Waals surface area contributed by atoms with E-state index in [2.05, 4.69) is 5.32 Å². The van der Waals surface area contributed by atoms with Gasteiger partial charge in [0.1, 0.15) is 5.75 Å². The van der Waals surface area contributed by atoms with Gasteiger partial charge in [-0.05, 0) is 31.5 Å². The molecule has 1 heterocycles. The summed E-state index contributed by atoms with van der Waals surface area (Å²) in [6.45, 7) is 0.619. The van der Waals surface area contributed by atoms with Crippen LogP contribution in [0.1, 0.15) is 31.2 Å². The lowest BCUT2D eigenvalue weighted by atomic mass is 9.96. The van der Waals surface area contributed by atoms with Gasteiger partial charge in [0.25, 0.3) is 5.92 Å². The van der Waals surface area contributed by atoms with Crippen LogP contribution in [0.3, 0.4) is 0 Å². The molecular formula is C13H17F2NO. The minimum absolute atomic E-state index is 0.278. The van der Waals surface area contributed by atoms with Gasteiger partial charge in [-0.1, -0.05) is 25.0 Å². The van der Waals surface area contributed by atoms with Crippen LogP contribution in [-0.2, 0) is 5.92 Å². The molecule has 1 saturated heterocycles. The number of phenolic OH excluding ortho intramolecular Hbond substituents is 1. The number of benzene rings is 1. The van der Waals surface area contributed by atoms with E-state index in [1.54, 1.807) is 6.07 Å². The van der Waals surface area contributed by atoms with Gasteiger partial charge < -0.3 is 10.4 Å². The summed E-state index contributed by atoms with van der Waals surface area (Å²) in [4.78, 5) is 0. The molecule has 0 spiro atoms. The third-order valence-electron chi connectivity index (χ3n) is 3.26. The van der Waals surface area contributed by atoms with Gasteiger partial charge in [-0.3, -0.25) is 0 Å². The fourth-order valence-electron chi connectivity index (χ4n) is 2.28. The largest absolute Gasteiger partial charge is 0.507 e. The van der Waals surface area contributed by atoms with E-state index in [0.717, 1.165) is 19.3 Å². The Labute approximate surface area is 99.7 Å². The number of hydrogen-bond donors (Lipinski definition) is 2. The molecule has 1 atom stereocenters. The molecule has 1 fully saturated rings. The number of nitrogens with one attached hydrogen (secondary N) is 1. The van der Waals surface area contributed by atoms with Crippen LogP contribution >= 0.6 is 0 Å². The first kappa shape index (κ1) is 12.3. The Balaban J connectivity index is 2.25. The van der Waals surface area contributed by atoms with Crippen molar-refractivity contribution in [3.63, 3.8) is 0 Å². The minimum Gasteiger partial charge on any atom is -0.507 e. The molecule has 1 unspecified atom stereocenters. The highest BCUT2D eigenvalue weighted by atomic mass is 19.3. The zero-order valence-corrected chi connectivity index (χ0v) is 9.63. The highest BCUT2D eigenvalue weighted by molar-refractivity contribution is 5.36. The van der Waals surface area contributed by atoms with Gasteiger partial charge in [0.15, 0.2) is 0 Å². The van der Waals surface area contributed by atoms with E-state index in [0.29, 0.717) is 13.0 Å². The molecular weight excluding hydrogens is 224 g/mol. The molecule has 0 saturated carbocycles. The topological polar surface area (TPSA) is 32.3 Å². The molecule has 2 N–H and O–H groups in total. The zero-order valence-electron chi connectivity index (χ0n) is 9.63. The van der Waals surface area contributed by atoms with Crippen molar-refractivity contribution >= 4 is 0 Å². The van der Waals surface area contributed by atoms with Crippen LogP contribution < -0.4 is 5.32 Å². The maximum atomic E-state index is 14.3. The normalized spacial score (nSPS) is 22.1. The lowest BCUT2D eigenvalue weighted by Crippen LogP contribution is -2.42. The number of aromatic hydroxyl groups is 1. The smallest absolute Gasteiger partial charge is 0.291 e. The van der Waals surface area contributed by atoms with Gasteiger partial charge in [-0.15, -0.1) is 0 Å². The van der Waals surface area contributed by atoms with E-state index in [9.17, 15) is 13.9 Å². The Bertz CT molecular complexity index is 373. The standard InChI is InChI=1S/C13H17F2NO/c14-13(15,10-6-3-4-7-11(10)17)12-8-2-1-5-9-16-12/h3-4,6-7,12,16-17H,1-2,5,8-9H2. The van der Waals surface area contributed by atoms with Gasteiger partial charge in [-0.25, -0.2) is 0 Å². The van der Waals surface area contributed by atoms with Crippen molar-refractivity contribution in [1.82, 2.24) is 5.32 Å². The Kier molecular flexibility index (Phi) is 3.62. The second kappa shape index (κ2) is 5.00. The second-order valence-electron chi connectivity index (χ2n) is 4.50. The molecule has 0 amide bonds. The summed E-state index contributed by atoms with van der Waals surface area (Å²) in [5.74, 6) is -3.35. The lowest BCUT2D eigenvalue weighted by Gasteiger charge is -2.27. The van der Waals surface area contributed by atoms with Crippen molar-refractivity contribution in [3.8, 4) is 5.75 Å². The van der Waals surface area contributed by atoms with Crippen LogP contribution in [0.5, 0.6) is 5.75 Å². The predicted octanol–water partition coefficient (Wildman–Crippen LogP) is 3.02. The Morgan fingerprint density at radius 2 is 1.94 bits per heavy atom. The molecule has 1 aromatic carbocycles. The second-order valence-corrected chi connectivity index (χ2v) is 4.50. The highest BCUT2D eigenvalue weighted by Crippen LogP contribution is 2.39. The SMILES string of the molecule is Oc1ccccc1C(F)(F)C1CCCCCN1. The van der Waals surface area contributed by atoms with Crippen molar-refractivity contribution in [2.24, 2.45) is 0 Å². The molecule has 0 aromatic heterocycles. The molecule has 0 radical (unpaired) electrons.